The molecule has 1 atom stereocenters. The Morgan fingerprint density at radius 3 is 2.24 bits per heavy atom. The van der Waals surface area contributed by atoms with Crippen LogP contribution in [0.25, 0.3) is 0 Å². The second kappa shape index (κ2) is 8.03. The molecule has 0 saturated carbocycles. The zero-order chi connectivity index (χ0) is 16.0. The molecular formula is C16H23ClN2O2. The van der Waals surface area contributed by atoms with Crippen LogP contribution in [0.2, 0.25) is 5.02 Å². The van der Waals surface area contributed by atoms with Crippen molar-refractivity contribution in [3.63, 3.8) is 0 Å². The molecule has 1 N–H and O–H groups in total. The van der Waals surface area contributed by atoms with Crippen LogP contribution in [0.15, 0.2) is 24.3 Å². The summed E-state index contributed by atoms with van der Waals surface area (Å²) in [6.07, 6.45) is 0. The Morgan fingerprint density at radius 1 is 1.19 bits per heavy atom. The number of hydrogen-bond donors (Lipinski definition) is 1. The second-order valence-electron chi connectivity index (χ2n) is 5.32. The fourth-order valence-electron chi connectivity index (χ4n) is 1.99. The minimum Gasteiger partial charge on any atom is -0.355 e. The number of likely N-dealkylation sites (N-methyl/N-ethyl adjacent to an activating group) is 1. The van der Waals surface area contributed by atoms with E-state index in [1.807, 2.05) is 32.9 Å². The maximum absolute atomic E-state index is 12.4. The highest BCUT2D eigenvalue weighted by Crippen LogP contribution is 2.15. The van der Waals surface area contributed by atoms with Gasteiger partial charge in [-0.2, -0.15) is 0 Å². The Balaban J connectivity index is 2.94. The molecule has 0 fully saturated rings. The topological polar surface area (TPSA) is 49.4 Å². The van der Waals surface area contributed by atoms with Crippen molar-refractivity contribution in [1.29, 1.82) is 0 Å². The van der Waals surface area contributed by atoms with Gasteiger partial charge in [0.25, 0.3) is 0 Å². The number of carbonyl (C=O) groups is 2. The van der Waals surface area contributed by atoms with E-state index >= 15 is 0 Å². The second-order valence-corrected chi connectivity index (χ2v) is 5.75. The van der Waals surface area contributed by atoms with E-state index < -0.39 is 6.04 Å². The number of halogens is 1. The van der Waals surface area contributed by atoms with E-state index in [0.29, 0.717) is 18.1 Å². The van der Waals surface area contributed by atoms with Crippen molar-refractivity contribution in [2.75, 3.05) is 6.54 Å². The summed E-state index contributed by atoms with van der Waals surface area (Å²) < 4.78 is 0. The van der Waals surface area contributed by atoms with E-state index in [9.17, 15) is 9.59 Å². The molecule has 0 bridgehead atoms. The Morgan fingerprint density at radius 2 is 1.76 bits per heavy atom. The van der Waals surface area contributed by atoms with Gasteiger partial charge in [0.05, 0.1) is 0 Å². The molecule has 4 nitrogen and oxygen atoms in total. The zero-order valence-corrected chi connectivity index (χ0v) is 13.8. The first-order valence-corrected chi connectivity index (χ1v) is 7.57. The third kappa shape index (κ3) is 5.05. The summed E-state index contributed by atoms with van der Waals surface area (Å²) in [4.78, 5) is 26.0. The Labute approximate surface area is 131 Å². The summed E-state index contributed by atoms with van der Waals surface area (Å²) in [6.45, 7) is 8.23. The number of benzene rings is 1. The Kier molecular flexibility index (Phi) is 6.69. The molecule has 0 aliphatic rings. The van der Waals surface area contributed by atoms with E-state index in [4.69, 9.17) is 11.6 Å². The minimum atomic E-state index is -0.504. The van der Waals surface area contributed by atoms with Gasteiger partial charge in [0.1, 0.15) is 6.04 Å². The Hall–Kier alpha value is -1.55. The van der Waals surface area contributed by atoms with Gasteiger partial charge in [0.15, 0.2) is 0 Å². The first kappa shape index (κ1) is 17.5. The van der Waals surface area contributed by atoms with Crippen LogP contribution < -0.4 is 5.32 Å². The number of rotatable bonds is 6. The molecule has 1 rings (SSSR count). The number of hydrogen-bond acceptors (Lipinski definition) is 2. The SMILES string of the molecule is CCNC(=O)[C@H](C)N(Cc1ccc(Cl)cc1)C(=O)C(C)C. The highest BCUT2D eigenvalue weighted by molar-refractivity contribution is 6.30. The zero-order valence-electron chi connectivity index (χ0n) is 13.0. The third-order valence-electron chi connectivity index (χ3n) is 3.24. The summed E-state index contributed by atoms with van der Waals surface area (Å²) in [5.74, 6) is -0.335. The third-order valence-corrected chi connectivity index (χ3v) is 3.49. The molecule has 1 aromatic carbocycles. The van der Waals surface area contributed by atoms with Crippen molar-refractivity contribution in [3.8, 4) is 0 Å². The van der Waals surface area contributed by atoms with Crippen LogP contribution in [0.3, 0.4) is 0 Å². The van der Waals surface area contributed by atoms with Crippen molar-refractivity contribution in [2.24, 2.45) is 5.92 Å². The number of amides is 2. The molecule has 0 heterocycles. The van der Waals surface area contributed by atoms with Crippen LogP contribution in [0.4, 0.5) is 0 Å². The predicted octanol–water partition coefficient (Wildman–Crippen LogP) is 2.85. The lowest BCUT2D eigenvalue weighted by atomic mass is 10.1. The summed E-state index contributed by atoms with van der Waals surface area (Å²) in [7, 11) is 0. The molecule has 21 heavy (non-hydrogen) atoms. The lowest BCUT2D eigenvalue weighted by Crippen LogP contribution is -2.48. The van der Waals surface area contributed by atoms with Crippen LogP contribution in [0.5, 0.6) is 0 Å². The largest absolute Gasteiger partial charge is 0.355 e. The van der Waals surface area contributed by atoms with Crippen LogP contribution in [-0.2, 0) is 16.1 Å². The van der Waals surface area contributed by atoms with Gasteiger partial charge in [-0.15, -0.1) is 0 Å². The standard InChI is InChI=1S/C16H23ClN2O2/c1-5-18-15(20)12(4)19(16(21)11(2)3)10-13-6-8-14(17)9-7-13/h6-9,11-12H,5,10H2,1-4H3,(H,18,20)/t12-/m0/s1. The molecule has 5 heteroatoms. The van der Waals surface area contributed by atoms with E-state index in [1.54, 1.807) is 24.0 Å². The van der Waals surface area contributed by atoms with Gasteiger partial charge >= 0.3 is 0 Å². The van der Waals surface area contributed by atoms with E-state index in [1.165, 1.54) is 0 Å². The predicted molar refractivity (Wildman–Crippen MR) is 85.0 cm³/mol. The number of nitrogens with zero attached hydrogens (tertiary/aromatic N) is 1. The summed E-state index contributed by atoms with van der Waals surface area (Å²) >= 11 is 5.87. The average molecular weight is 311 g/mol. The maximum Gasteiger partial charge on any atom is 0.242 e. The highest BCUT2D eigenvalue weighted by Gasteiger charge is 2.27. The molecule has 1 aromatic rings. The van der Waals surface area contributed by atoms with E-state index in [-0.39, 0.29) is 17.7 Å². The molecule has 2 amide bonds. The van der Waals surface area contributed by atoms with Crippen molar-refractivity contribution in [2.45, 2.75) is 40.3 Å². The summed E-state index contributed by atoms with van der Waals surface area (Å²) in [5, 5.41) is 3.41. The van der Waals surface area contributed by atoms with Gasteiger partial charge in [-0.25, -0.2) is 0 Å². The van der Waals surface area contributed by atoms with Gasteiger partial charge in [0, 0.05) is 24.0 Å². The van der Waals surface area contributed by atoms with Crippen molar-refractivity contribution >= 4 is 23.4 Å². The molecule has 0 spiro atoms. The maximum atomic E-state index is 12.4. The van der Waals surface area contributed by atoms with Gasteiger partial charge < -0.3 is 10.2 Å². The van der Waals surface area contributed by atoms with Crippen LogP contribution in [0.1, 0.15) is 33.3 Å². The van der Waals surface area contributed by atoms with Gasteiger partial charge in [-0.1, -0.05) is 37.6 Å². The molecule has 0 unspecified atom stereocenters. The smallest absolute Gasteiger partial charge is 0.242 e. The van der Waals surface area contributed by atoms with Crippen molar-refractivity contribution in [1.82, 2.24) is 10.2 Å². The monoisotopic (exact) mass is 310 g/mol. The van der Waals surface area contributed by atoms with E-state index in [0.717, 1.165) is 5.56 Å². The molecule has 0 saturated heterocycles. The lowest BCUT2D eigenvalue weighted by Gasteiger charge is -2.30. The van der Waals surface area contributed by atoms with Crippen molar-refractivity contribution in [3.05, 3.63) is 34.9 Å². The van der Waals surface area contributed by atoms with Crippen molar-refractivity contribution < 1.29 is 9.59 Å². The first-order chi connectivity index (χ1) is 9.86. The minimum absolute atomic E-state index is 0.0382. The van der Waals surface area contributed by atoms with Crippen LogP contribution in [0, 0.1) is 5.92 Å². The summed E-state index contributed by atoms with van der Waals surface area (Å²) in [5.41, 5.74) is 0.949. The quantitative estimate of drug-likeness (QED) is 0.878. The number of nitrogens with one attached hydrogen (secondary N) is 1. The van der Waals surface area contributed by atoms with E-state index in [2.05, 4.69) is 5.32 Å². The Bertz CT molecular complexity index is 486. The number of carbonyl (C=O) groups excluding carboxylic acids is 2. The van der Waals surface area contributed by atoms with Crippen LogP contribution >= 0.6 is 11.6 Å². The lowest BCUT2D eigenvalue weighted by molar-refractivity contribution is -0.143. The van der Waals surface area contributed by atoms with Gasteiger partial charge in [0.2, 0.25) is 11.8 Å². The normalized spacial score (nSPS) is 12.1. The van der Waals surface area contributed by atoms with Gasteiger partial charge in [-0.05, 0) is 31.5 Å². The highest BCUT2D eigenvalue weighted by atomic mass is 35.5. The molecule has 0 radical (unpaired) electrons. The van der Waals surface area contributed by atoms with Crippen LogP contribution in [-0.4, -0.2) is 29.3 Å². The molecule has 116 valence electrons. The molecule has 0 aromatic heterocycles. The molecular weight excluding hydrogens is 288 g/mol. The van der Waals surface area contributed by atoms with Gasteiger partial charge in [-0.3, -0.25) is 9.59 Å². The molecule has 0 aliphatic heterocycles. The average Bonchev–Trinajstić information content (AvgIpc) is 2.45. The fraction of sp³-hybridized carbons (Fsp3) is 0.500. The first-order valence-electron chi connectivity index (χ1n) is 7.19. The summed E-state index contributed by atoms with van der Waals surface area (Å²) in [6, 6.07) is 6.80. The fourth-order valence-corrected chi connectivity index (χ4v) is 2.11. The molecule has 0 aliphatic carbocycles.